The molecule has 4 rings (SSSR count). The Morgan fingerprint density at radius 2 is 1.86 bits per heavy atom. The minimum absolute atomic E-state index is 0.0322. The van der Waals surface area contributed by atoms with Crippen LogP contribution in [0, 0.1) is 11.2 Å². The van der Waals surface area contributed by atoms with Crippen LogP contribution in [0.3, 0.4) is 0 Å². The summed E-state index contributed by atoms with van der Waals surface area (Å²) in [5, 5.41) is 14.0. The molecule has 0 aromatic heterocycles. The maximum Gasteiger partial charge on any atom is 0.215 e. The monoisotopic (exact) mass is 488 g/mol. The summed E-state index contributed by atoms with van der Waals surface area (Å²) in [4.78, 5) is 13.9. The average Bonchev–Trinajstić information content (AvgIpc) is 2.98. The van der Waals surface area contributed by atoms with E-state index in [-0.39, 0.29) is 11.2 Å². The Hall–Kier alpha value is -3.80. The Kier molecular flexibility index (Phi) is 7.34. The molecule has 1 aliphatic rings. The Balaban J connectivity index is 1.77. The van der Waals surface area contributed by atoms with Crippen molar-refractivity contribution in [1.29, 1.82) is 0 Å². The number of hydrogen-bond acceptors (Lipinski definition) is 4. The number of amides is 1. The van der Waals surface area contributed by atoms with E-state index < -0.39 is 11.9 Å². The van der Waals surface area contributed by atoms with Gasteiger partial charge in [-0.1, -0.05) is 63.6 Å². The van der Waals surface area contributed by atoms with Gasteiger partial charge in [0.05, 0.1) is 11.7 Å². The SMILES string of the molecule is CCC(C)(C)CC1=C(C)C(c2ccc(OCc3ccccc3)cc2F)N(C=O)c2cccc(O)c2N1. The minimum Gasteiger partial charge on any atom is -0.506 e. The molecule has 1 heterocycles. The first-order valence-electron chi connectivity index (χ1n) is 12.2. The largest absolute Gasteiger partial charge is 0.506 e. The van der Waals surface area contributed by atoms with Crippen LogP contribution in [-0.4, -0.2) is 11.5 Å². The molecule has 0 fully saturated rings. The zero-order chi connectivity index (χ0) is 25.9. The van der Waals surface area contributed by atoms with Gasteiger partial charge < -0.3 is 20.1 Å². The summed E-state index contributed by atoms with van der Waals surface area (Å²) in [6.07, 6.45) is 2.30. The number of ether oxygens (including phenoxy) is 1. The summed E-state index contributed by atoms with van der Waals surface area (Å²) < 4.78 is 21.5. The number of rotatable bonds is 8. The highest BCUT2D eigenvalue weighted by Gasteiger charge is 2.34. The second kappa shape index (κ2) is 10.4. The molecule has 0 bridgehead atoms. The van der Waals surface area contributed by atoms with Crippen LogP contribution in [0.25, 0.3) is 0 Å². The van der Waals surface area contributed by atoms with Crippen molar-refractivity contribution < 1.29 is 19.0 Å². The van der Waals surface area contributed by atoms with Crippen LogP contribution in [0.15, 0.2) is 78.0 Å². The number of fused-ring (bicyclic) bond motifs is 1. The molecule has 0 spiro atoms. The molecule has 1 amide bonds. The van der Waals surface area contributed by atoms with E-state index >= 15 is 4.39 Å². The molecule has 36 heavy (non-hydrogen) atoms. The third-order valence-electron chi connectivity index (χ3n) is 6.98. The summed E-state index contributed by atoms with van der Waals surface area (Å²) in [6, 6.07) is 18.8. The van der Waals surface area contributed by atoms with Crippen LogP contribution in [-0.2, 0) is 11.4 Å². The third-order valence-corrected chi connectivity index (χ3v) is 6.98. The van der Waals surface area contributed by atoms with Crippen molar-refractivity contribution in [2.75, 3.05) is 10.2 Å². The lowest BCUT2D eigenvalue weighted by atomic mass is 9.83. The molecule has 0 radical (unpaired) electrons. The predicted octanol–water partition coefficient (Wildman–Crippen LogP) is 7.34. The van der Waals surface area contributed by atoms with Gasteiger partial charge in [-0.05, 0) is 54.2 Å². The van der Waals surface area contributed by atoms with E-state index in [0.717, 1.165) is 23.3 Å². The van der Waals surface area contributed by atoms with Crippen LogP contribution in [0.4, 0.5) is 15.8 Å². The molecule has 1 aliphatic heterocycles. The number of aromatic hydroxyl groups is 1. The Bertz CT molecular complexity index is 1270. The van der Waals surface area contributed by atoms with Gasteiger partial charge in [-0.2, -0.15) is 0 Å². The fourth-order valence-electron chi connectivity index (χ4n) is 4.48. The standard InChI is InChI=1S/C30H33FN2O3/c1-5-30(3,4)17-25-20(2)29(33(19-34)26-12-9-13-27(35)28(26)32-25)23-15-14-22(16-24(23)31)36-18-21-10-7-6-8-11-21/h6-16,19,29,32,35H,5,17-18H2,1-4H3. The van der Waals surface area contributed by atoms with Gasteiger partial charge in [-0.15, -0.1) is 0 Å². The van der Waals surface area contributed by atoms with Crippen molar-refractivity contribution >= 4 is 17.8 Å². The van der Waals surface area contributed by atoms with Crippen LogP contribution in [0.1, 0.15) is 57.7 Å². The number of para-hydroxylation sites is 1. The number of nitrogens with zero attached hydrogens (tertiary/aromatic N) is 1. The number of nitrogens with one attached hydrogen (secondary N) is 1. The smallest absolute Gasteiger partial charge is 0.215 e. The van der Waals surface area contributed by atoms with Gasteiger partial charge in [-0.3, -0.25) is 4.79 Å². The Labute approximate surface area is 212 Å². The number of allylic oxidation sites excluding steroid dienone is 1. The second-order valence-corrected chi connectivity index (χ2v) is 10.0. The van der Waals surface area contributed by atoms with Crippen LogP contribution in [0.2, 0.25) is 0 Å². The van der Waals surface area contributed by atoms with E-state index in [9.17, 15) is 9.90 Å². The molecular formula is C30H33FN2O3. The predicted molar refractivity (Wildman–Crippen MR) is 142 cm³/mol. The summed E-state index contributed by atoms with van der Waals surface area (Å²) in [7, 11) is 0. The van der Waals surface area contributed by atoms with Crippen molar-refractivity contribution in [1.82, 2.24) is 0 Å². The highest BCUT2D eigenvalue weighted by atomic mass is 19.1. The van der Waals surface area contributed by atoms with E-state index in [1.165, 1.54) is 11.0 Å². The highest BCUT2D eigenvalue weighted by molar-refractivity contribution is 5.90. The molecule has 188 valence electrons. The van der Waals surface area contributed by atoms with Gasteiger partial charge in [0.15, 0.2) is 0 Å². The van der Waals surface area contributed by atoms with Gasteiger partial charge in [0.1, 0.15) is 29.6 Å². The lowest BCUT2D eigenvalue weighted by Crippen LogP contribution is -2.29. The fourth-order valence-corrected chi connectivity index (χ4v) is 4.48. The maximum absolute atomic E-state index is 15.6. The zero-order valence-electron chi connectivity index (χ0n) is 21.2. The van der Waals surface area contributed by atoms with Crippen LogP contribution in [0.5, 0.6) is 11.5 Å². The summed E-state index contributed by atoms with van der Waals surface area (Å²) in [5.74, 6) is -0.0178. The molecule has 0 saturated carbocycles. The maximum atomic E-state index is 15.6. The molecular weight excluding hydrogens is 455 g/mol. The Morgan fingerprint density at radius 3 is 2.53 bits per heavy atom. The lowest BCUT2D eigenvalue weighted by Gasteiger charge is -2.30. The van der Waals surface area contributed by atoms with E-state index in [2.05, 4.69) is 26.1 Å². The number of halogens is 1. The highest BCUT2D eigenvalue weighted by Crippen LogP contribution is 2.47. The van der Waals surface area contributed by atoms with E-state index in [1.54, 1.807) is 30.3 Å². The first-order valence-corrected chi connectivity index (χ1v) is 12.2. The van der Waals surface area contributed by atoms with Crippen molar-refractivity contribution in [3.05, 3.63) is 94.9 Å². The quantitative estimate of drug-likeness (QED) is 0.257. The molecule has 5 nitrogen and oxygen atoms in total. The number of carbonyl (C=O) groups excluding carboxylic acids is 1. The number of benzene rings is 3. The number of phenolic OH excluding ortho intramolecular Hbond substituents is 1. The molecule has 0 saturated heterocycles. The number of anilines is 2. The number of hydrogen-bond donors (Lipinski definition) is 2. The Morgan fingerprint density at radius 1 is 1.11 bits per heavy atom. The molecule has 6 heteroatoms. The molecule has 3 aromatic carbocycles. The van der Waals surface area contributed by atoms with Crippen molar-refractivity contribution in [2.24, 2.45) is 5.41 Å². The van der Waals surface area contributed by atoms with Gasteiger partial charge in [0.25, 0.3) is 0 Å². The van der Waals surface area contributed by atoms with Gasteiger partial charge in [-0.25, -0.2) is 4.39 Å². The molecule has 1 unspecified atom stereocenters. The zero-order valence-corrected chi connectivity index (χ0v) is 21.2. The van der Waals surface area contributed by atoms with E-state index in [4.69, 9.17) is 4.74 Å². The third kappa shape index (κ3) is 5.23. The summed E-state index contributed by atoms with van der Waals surface area (Å²) >= 11 is 0. The first-order chi connectivity index (χ1) is 17.2. The van der Waals surface area contributed by atoms with Gasteiger partial charge in [0, 0.05) is 17.3 Å². The van der Waals surface area contributed by atoms with Crippen molar-refractivity contribution in [2.45, 2.75) is 53.2 Å². The molecule has 1 atom stereocenters. The lowest BCUT2D eigenvalue weighted by molar-refractivity contribution is -0.107. The number of phenols is 1. The first kappa shape index (κ1) is 25.3. The van der Waals surface area contributed by atoms with E-state index in [1.807, 2.05) is 37.3 Å². The van der Waals surface area contributed by atoms with Crippen LogP contribution < -0.4 is 15.0 Å². The van der Waals surface area contributed by atoms with Crippen molar-refractivity contribution in [3.8, 4) is 11.5 Å². The molecule has 0 aliphatic carbocycles. The fraction of sp³-hybridized carbons (Fsp3) is 0.300. The van der Waals surface area contributed by atoms with E-state index in [0.29, 0.717) is 42.1 Å². The van der Waals surface area contributed by atoms with Gasteiger partial charge >= 0.3 is 0 Å². The summed E-state index contributed by atoms with van der Waals surface area (Å²) in [6.45, 7) is 8.70. The van der Waals surface area contributed by atoms with Crippen molar-refractivity contribution in [3.63, 3.8) is 0 Å². The second-order valence-electron chi connectivity index (χ2n) is 10.0. The average molecular weight is 489 g/mol. The molecule has 3 aromatic rings. The minimum atomic E-state index is -0.691. The summed E-state index contributed by atoms with van der Waals surface area (Å²) in [5.41, 5.74) is 3.92. The van der Waals surface area contributed by atoms with Crippen LogP contribution >= 0.6 is 0 Å². The number of carbonyl (C=O) groups is 1. The normalized spacial score (nSPS) is 15.7. The topological polar surface area (TPSA) is 61.8 Å². The molecule has 2 N–H and O–H groups in total. The van der Waals surface area contributed by atoms with Gasteiger partial charge in [0.2, 0.25) is 6.41 Å².